The standard InChI is InChI=1S/C17H20F3NO3/c1-11-2-5-14(16(23)24)10-21(11)15(22)13-6-3-12(4-7-13)8-9-17(18,19)20/h3-4,6-7,11,14H,2,5,8-10H2,1H3,(H,23,24). The van der Waals surface area contributed by atoms with E-state index in [-0.39, 0.29) is 24.9 Å². The molecule has 2 rings (SSSR count). The molecule has 0 aliphatic carbocycles. The Morgan fingerprint density at radius 2 is 1.83 bits per heavy atom. The van der Waals surface area contributed by atoms with Gasteiger partial charge in [0, 0.05) is 24.6 Å². The highest BCUT2D eigenvalue weighted by Crippen LogP contribution is 2.25. The highest BCUT2D eigenvalue weighted by molar-refractivity contribution is 5.94. The fraction of sp³-hybridized carbons (Fsp3) is 0.529. The average molecular weight is 343 g/mol. The number of carbonyl (C=O) groups excluding carboxylic acids is 1. The zero-order valence-electron chi connectivity index (χ0n) is 13.3. The minimum Gasteiger partial charge on any atom is -0.481 e. The van der Waals surface area contributed by atoms with Gasteiger partial charge in [0.25, 0.3) is 5.91 Å². The van der Waals surface area contributed by atoms with Crippen molar-refractivity contribution in [3.8, 4) is 0 Å². The van der Waals surface area contributed by atoms with Gasteiger partial charge in [-0.25, -0.2) is 0 Å². The second-order valence-corrected chi connectivity index (χ2v) is 6.23. The van der Waals surface area contributed by atoms with E-state index in [9.17, 15) is 22.8 Å². The SMILES string of the molecule is CC1CCC(C(=O)O)CN1C(=O)c1ccc(CCC(F)(F)F)cc1. The van der Waals surface area contributed by atoms with E-state index in [0.717, 1.165) is 0 Å². The van der Waals surface area contributed by atoms with Crippen LogP contribution in [0.4, 0.5) is 13.2 Å². The summed E-state index contributed by atoms with van der Waals surface area (Å²) in [6, 6.07) is 5.99. The number of alkyl halides is 3. The quantitative estimate of drug-likeness (QED) is 0.910. The van der Waals surface area contributed by atoms with Gasteiger partial charge in [0.05, 0.1) is 5.92 Å². The van der Waals surface area contributed by atoms with Gasteiger partial charge in [-0.2, -0.15) is 13.2 Å². The van der Waals surface area contributed by atoms with Gasteiger partial charge in [-0.1, -0.05) is 12.1 Å². The Morgan fingerprint density at radius 1 is 1.21 bits per heavy atom. The molecule has 1 aromatic carbocycles. The number of carboxylic acids is 1. The number of carboxylic acid groups (broad SMARTS) is 1. The molecule has 0 saturated carbocycles. The summed E-state index contributed by atoms with van der Waals surface area (Å²) in [5.74, 6) is -1.77. The van der Waals surface area contributed by atoms with Gasteiger partial charge in [0.1, 0.15) is 0 Å². The third-order valence-corrected chi connectivity index (χ3v) is 4.39. The van der Waals surface area contributed by atoms with Crippen molar-refractivity contribution in [2.24, 2.45) is 5.92 Å². The van der Waals surface area contributed by atoms with Crippen LogP contribution in [0, 0.1) is 5.92 Å². The van der Waals surface area contributed by atoms with Crippen LogP contribution in [-0.2, 0) is 11.2 Å². The Bertz CT molecular complexity index is 598. The first-order valence-corrected chi connectivity index (χ1v) is 7.87. The maximum Gasteiger partial charge on any atom is 0.389 e. The van der Waals surface area contributed by atoms with Gasteiger partial charge in [-0.15, -0.1) is 0 Å². The predicted octanol–water partition coefficient (Wildman–Crippen LogP) is 3.51. The van der Waals surface area contributed by atoms with Gasteiger partial charge >= 0.3 is 12.1 Å². The number of hydrogen-bond donors (Lipinski definition) is 1. The molecule has 0 bridgehead atoms. The lowest BCUT2D eigenvalue weighted by atomic mass is 9.93. The molecule has 7 heteroatoms. The van der Waals surface area contributed by atoms with Crippen LogP contribution in [-0.4, -0.2) is 40.6 Å². The number of aryl methyl sites for hydroxylation is 1. The van der Waals surface area contributed by atoms with E-state index >= 15 is 0 Å². The van der Waals surface area contributed by atoms with E-state index in [1.165, 1.54) is 29.2 Å². The molecule has 1 N–H and O–H groups in total. The molecule has 2 atom stereocenters. The monoisotopic (exact) mass is 343 g/mol. The molecule has 1 fully saturated rings. The number of benzene rings is 1. The summed E-state index contributed by atoms with van der Waals surface area (Å²) in [6.07, 6.45) is -4.07. The first kappa shape index (κ1) is 18.3. The molecule has 1 aliphatic heterocycles. The largest absolute Gasteiger partial charge is 0.481 e. The van der Waals surface area contributed by atoms with Gasteiger partial charge < -0.3 is 10.0 Å². The summed E-state index contributed by atoms with van der Waals surface area (Å²) in [5.41, 5.74) is 0.877. The lowest BCUT2D eigenvalue weighted by Crippen LogP contribution is -2.47. The number of nitrogens with zero attached hydrogens (tertiary/aromatic N) is 1. The van der Waals surface area contributed by atoms with Crippen LogP contribution < -0.4 is 0 Å². The highest BCUT2D eigenvalue weighted by atomic mass is 19.4. The second kappa shape index (κ2) is 7.23. The Labute approximate surface area is 138 Å². The maximum absolute atomic E-state index is 12.6. The molecule has 4 nitrogen and oxygen atoms in total. The minimum absolute atomic E-state index is 0.0574. The van der Waals surface area contributed by atoms with Gasteiger partial charge in [0.2, 0.25) is 0 Å². The summed E-state index contributed by atoms with van der Waals surface area (Å²) in [4.78, 5) is 25.2. The predicted molar refractivity (Wildman–Crippen MR) is 81.7 cm³/mol. The maximum atomic E-state index is 12.6. The van der Waals surface area contributed by atoms with Crippen LogP contribution in [0.5, 0.6) is 0 Å². The topological polar surface area (TPSA) is 57.6 Å². The molecule has 132 valence electrons. The Balaban J connectivity index is 2.04. The molecular formula is C17H20F3NO3. The fourth-order valence-electron chi connectivity index (χ4n) is 2.86. The van der Waals surface area contributed by atoms with E-state index in [4.69, 9.17) is 5.11 Å². The number of aliphatic carboxylic acids is 1. The minimum atomic E-state index is -4.20. The first-order valence-electron chi connectivity index (χ1n) is 7.87. The highest BCUT2D eigenvalue weighted by Gasteiger charge is 2.33. The third-order valence-electron chi connectivity index (χ3n) is 4.39. The second-order valence-electron chi connectivity index (χ2n) is 6.23. The van der Waals surface area contributed by atoms with Crippen molar-refractivity contribution < 1.29 is 27.9 Å². The summed E-state index contributed by atoms with van der Waals surface area (Å²) in [6.45, 7) is 2.03. The number of amides is 1. The molecule has 0 aromatic heterocycles. The number of rotatable bonds is 4. The average Bonchev–Trinajstić information content (AvgIpc) is 2.52. The molecule has 1 heterocycles. The molecule has 1 aliphatic rings. The fourth-order valence-corrected chi connectivity index (χ4v) is 2.86. The van der Waals surface area contributed by atoms with E-state index in [1.54, 1.807) is 0 Å². The molecule has 1 amide bonds. The lowest BCUT2D eigenvalue weighted by molar-refractivity contribution is -0.143. The van der Waals surface area contributed by atoms with Crippen molar-refractivity contribution in [2.45, 2.75) is 44.8 Å². The van der Waals surface area contributed by atoms with E-state index < -0.39 is 24.5 Å². The number of piperidine rings is 1. The van der Waals surface area contributed by atoms with Crippen LogP contribution in [0.3, 0.4) is 0 Å². The molecule has 0 radical (unpaired) electrons. The normalized spacial score (nSPS) is 21.6. The summed E-state index contributed by atoms with van der Waals surface area (Å²) in [5, 5.41) is 9.13. The van der Waals surface area contributed by atoms with E-state index in [2.05, 4.69) is 0 Å². The van der Waals surface area contributed by atoms with Crippen molar-refractivity contribution in [2.75, 3.05) is 6.54 Å². The van der Waals surface area contributed by atoms with E-state index in [1.807, 2.05) is 6.92 Å². The zero-order valence-corrected chi connectivity index (χ0v) is 13.3. The Kier molecular flexibility index (Phi) is 5.51. The molecule has 1 aromatic rings. The molecule has 24 heavy (non-hydrogen) atoms. The van der Waals surface area contributed by atoms with Crippen molar-refractivity contribution in [3.05, 3.63) is 35.4 Å². The van der Waals surface area contributed by atoms with Crippen LogP contribution in [0.25, 0.3) is 0 Å². The van der Waals surface area contributed by atoms with Gasteiger partial charge in [-0.3, -0.25) is 9.59 Å². The van der Waals surface area contributed by atoms with Gasteiger partial charge in [0.15, 0.2) is 0 Å². The van der Waals surface area contributed by atoms with Crippen LogP contribution >= 0.6 is 0 Å². The zero-order chi connectivity index (χ0) is 17.9. The summed E-state index contributed by atoms with van der Waals surface area (Å²) in [7, 11) is 0. The number of hydrogen-bond acceptors (Lipinski definition) is 2. The number of carbonyl (C=O) groups is 2. The van der Waals surface area contributed by atoms with Crippen molar-refractivity contribution >= 4 is 11.9 Å². The van der Waals surface area contributed by atoms with E-state index in [0.29, 0.717) is 24.0 Å². The number of halogens is 3. The van der Waals surface area contributed by atoms with Crippen molar-refractivity contribution in [3.63, 3.8) is 0 Å². The number of likely N-dealkylation sites (tertiary alicyclic amines) is 1. The third kappa shape index (κ3) is 4.72. The molecule has 1 saturated heterocycles. The molecular weight excluding hydrogens is 323 g/mol. The van der Waals surface area contributed by atoms with Crippen molar-refractivity contribution in [1.82, 2.24) is 4.90 Å². The van der Waals surface area contributed by atoms with Gasteiger partial charge in [-0.05, 0) is 43.9 Å². The van der Waals surface area contributed by atoms with Crippen LogP contribution in [0.2, 0.25) is 0 Å². The van der Waals surface area contributed by atoms with Crippen molar-refractivity contribution in [1.29, 1.82) is 0 Å². The molecule has 2 unspecified atom stereocenters. The summed E-state index contributed by atoms with van der Waals surface area (Å²) >= 11 is 0. The van der Waals surface area contributed by atoms with Crippen LogP contribution in [0.1, 0.15) is 42.1 Å². The Hall–Kier alpha value is -2.05. The smallest absolute Gasteiger partial charge is 0.389 e. The van der Waals surface area contributed by atoms with Crippen LogP contribution in [0.15, 0.2) is 24.3 Å². The first-order chi connectivity index (χ1) is 11.2. The summed E-state index contributed by atoms with van der Waals surface area (Å²) < 4.78 is 36.7. The Morgan fingerprint density at radius 3 is 2.38 bits per heavy atom. The molecule has 0 spiro atoms. The lowest BCUT2D eigenvalue weighted by Gasteiger charge is -2.36.